The minimum absolute atomic E-state index is 0.00437. The summed E-state index contributed by atoms with van der Waals surface area (Å²) in [5, 5.41) is -0.00437. The topological polar surface area (TPSA) is 55.8 Å². The molecule has 3 unspecified atom stereocenters. The second-order valence-corrected chi connectivity index (χ2v) is 13.2. The normalized spacial score (nSPS) is 25.8. The summed E-state index contributed by atoms with van der Waals surface area (Å²) in [5.41, 5.74) is 2.03. The van der Waals surface area contributed by atoms with Crippen LogP contribution in [-0.2, 0) is 25.2 Å². The zero-order valence-corrected chi connectivity index (χ0v) is 16.8. The van der Waals surface area contributed by atoms with Gasteiger partial charge in [0, 0.05) is 5.69 Å². The highest BCUT2D eigenvalue weighted by Crippen LogP contribution is 2.46. The van der Waals surface area contributed by atoms with Gasteiger partial charge in [-0.25, -0.2) is 0 Å². The van der Waals surface area contributed by atoms with E-state index in [0.717, 1.165) is 11.3 Å². The summed E-state index contributed by atoms with van der Waals surface area (Å²) in [4.78, 5) is 27.2. The Hall–Kier alpha value is -1.66. The summed E-state index contributed by atoms with van der Waals surface area (Å²) < 4.78 is 11.5. The summed E-state index contributed by atoms with van der Waals surface area (Å²) in [6.07, 6.45) is 0.252. The first-order valence-electron chi connectivity index (χ1n) is 8.75. The molecule has 0 radical (unpaired) electrons. The summed E-state index contributed by atoms with van der Waals surface area (Å²) in [7, 11) is -0.820. The van der Waals surface area contributed by atoms with Crippen LogP contribution < -0.4 is 4.90 Å². The number of hydrogen-bond donors (Lipinski definition) is 0. The van der Waals surface area contributed by atoms with E-state index in [9.17, 15) is 9.59 Å². The molecule has 2 aliphatic rings. The van der Waals surface area contributed by atoms with Gasteiger partial charge in [-0.05, 0) is 36.2 Å². The number of nitrogens with zero attached hydrogens (tertiary/aromatic N) is 1. The maximum absolute atomic E-state index is 13.1. The quantitative estimate of drug-likeness (QED) is 0.471. The van der Waals surface area contributed by atoms with Crippen LogP contribution in [0.5, 0.6) is 0 Å². The molecule has 0 bridgehead atoms. The van der Waals surface area contributed by atoms with E-state index in [4.69, 9.17) is 9.16 Å². The van der Waals surface area contributed by atoms with Crippen LogP contribution in [0.1, 0.15) is 26.3 Å². The van der Waals surface area contributed by atoms with E-state index in [-0.39, 0.29) is 17.0 Å². The molecule has 0 saturated carbocycles. The lowest BCUT2D eigenvalue weighted by atomic mass is 9.97. The van der Waals surface area contributed by atoms with Crippen LogP contribution in [0, 0.1) is 5.92 Å². The Bertz CT molecular complexity index is 710. The molecule has 1 amide bonds. The summed E-state index contributed by atoms with van der Waals surface area (Å²) in [6.45, 7) is 10.8. The van der Waals surface area contributed by atoms with Crippen molar-refractivity contribution in [2.45, 2.75) is 57.5 Å². The number of rotatable bonds is 3. The van der Waals surface area contributed by atoms with Crippen molar-refractivity contribution >= 4 is 25.9 Å². The number of ether oxygens (including phenoxy) is 1. The van der Waals surface area contributed by atoms with Gasteiger partial charge in [0.05, 0.1) is 19.3 Å². The summed E-state index contributed by atoms with van der Waals surface area (Å²) >= 11 is 0. The molecule has 3 atom stereocenters. The molecule has 2 heterocycles. The van der Waals surface area contributed by atoms with Gasteiger partial charge >= 0.3 is 5.97 Å². The molecule has 25 heavy (non-hydrogen) atoms. The van der Waals surface area contributed by atoms with E-state index < -0.39 is 26.3 Å². The van der Waals surface area contributed by atoms with Gasteiger partial charge < -0.3 is 14.1 Å². The van der Waals surface area contributed by atoms with Crippen LogP contribution in [0.15, 0.2) is 24.3 Å². The van der Waals surface area contributed by atoms with Gasteiger partial charge in [0.2, 0.25) is 5.91 Å². The van der Waals surface area contributed by atoms with Crippen molar-refractivity contribution in [2.24, 2.45) is 5.92 Å². The molecule has 1 aromatic carbocycles. The molecular weight excluding hydrogens is 334 g/mol. The monoisotopic (exact) mass is 361 g/mol. The minimum Gasteiger partial charge on any atom is -0.468 e. The lowest BCUT2D eigenvalue weighted by Gasteiger charge is -2.40. The number of esters is 1. The van der Waals surface area contributed by atoms with Crippen molar-refractivity contribution in [3.8, 4) is 0 Å². The van der Waals surface area contributed by atoms with Crippen molar-refractivity contribution in [2.75, 3.05) is 12.0 Å². The number of benzene rings is 1. The maximum Gasteiger partial charge on any atom is 0.320 e. The first-order valence-corrected chi connectivity index (χ1v) is 11.7. The number of para-hydroxylation sites is 1. The molecule has 1 saturated heterocycles. The van der Waals surface area contributed by atoms with Gasteiger partial charge in [0.25, 0.3) is 0 Å². The SMILES string of the molecule is COC(=O)C1C(=O)N2c3ccccc3CC2C1O[Si](C)(C)C(C)(C)C. The fourth-order valence-electron chi connectivity index (χ4n) is 3.50. The third-order valence-electron chi connectivity index (χ3n) is 5.92. The number of anilines is 1. The molecule has 3 rings (SSSR count). The van der Waals surface area contributed by atoms with Crippen molar-refractivity contribution in [3.05, 3.63) is 29.8 Å². The predicted molar refractivity (Wildman–Crippen MR) is 99.0 cm³/mol. The van der Waals surface area contributed by atoms with Crippen molar-refractivity contribution in [3.63, 3.8) is 0 Å². The van der Waals surface area contributed by atoms with Gasteiger partial charge in [-0.3, -0.25) is 9.59 Å². The number of methoxy groups -OCH3 is 1. The van der Waals surface area contributed by atoms with Crippen molar-refractivity contribution in [1.82, 2.24) is 0 Å². The molecule has 0 aromatic heterocycles. The Morgan fingerprint density at radius 3 is 2.48 bits per heavy atom. The van der Waals surface area contributed by atoms with Gasteiger partial charge in [-0.15, -0.1) is 0 Å². The Balaban J connectivity index is 2.00. The third-order valence-corrected chi connectivity index (χ3v) is 10.4. The number of fused-ring (bicyclic) bond motifs is 3. The van der Waals surface area contributed by atoms with Crippen LogP contribution in [0.2, 0.25) is 18.1 Å². The van der Waals surface area contributed by atoms with Crippen molar-refractivity contribution in [1.29, 1.82) is 0 Å². The molecule has 5 nitrogen and oxygen atoms in total. The Morgan fingerprint density at radius 1 is 1.24 bits per heavy atom. The van der Waals surface area contributed by atoms with Crippen LogP contribution in [0.4, 0.5) is 5.69 Å². The van der Waals surface area contributed by atoms with E-state index in [1.165, 1.54) is 7.11 Å². The standard InChI is InChI=1S/C19H27NO4Si/c1-19(2,3)25(5,6)24-16-14-11-12-9-7-8-10-13(12)20(14)17(21)15(16)18(22)23-4/h7-10,14-16H,11H2,1-6H3. The Labute approximate surface area is 150 Å². The molecule has 1 fully saturated rings. The molecule has 0 spiro atoms. The molecular formula is C19H27NO4Si. The maximum atomic E-state index is 13.1. The highest BCUT2D eigenvalue weighted by Gasteiger charge is 2.58. The second-order valence-electron chi connectivity index (χ2n) is 8.45. The smallest absolute Gasteiger partial charge is 0.320 e. The highest BCUT2D eigenvalue weighted by atomic mass is 28.4. The summed E-state index contributed by atoms with van der Waals surface area (Å²) in [5.74, 6) is -1.58. The third kappa shape index (κ3) is 2.81. The lowest BCUT2D eigenvalue weighted by molar-refractivity contribution is -0.151. The number of carbonyl (C=O) groups is 2. The lowest BCUT2D eigenvalue weighted by Crippen LogP contribution is -2.49. The molecule has 136 valence electrons. The fraction of sp³-hybridized carbons (Fsp3) is 0.579. The number of amides is 1. The molecule has 1 aromatic rings. The first-order chi connectivity index (χ1) is 11.6. The Kier molecular flexibility index (Phi) is 4.32. The van der Waals surface area contributed by atoms with Gasteiger partial charge in [0.15, 0.2) is 14.2 Å². The molecule has 0 N–H and O–H groups in total. The van der Waals surface area contributed by atoms with Gasteiger partial charge in [-0.1, -0.05) is 39.0 Å². The van der Waals surface area contributed by atoms with E-state index in [2.05, 4.69) is 33.9 Å². The zero-order chi connectivity index (χ0) is 18.6. The zero-order valence-electron chi connectivity index (χ0n) is 15.8. The number of hydrogen-bond acceptors (Lipinski definition) is 4. The Morgan fingerprint density at radius 2 is 1.88 bits per heavy atom. The average Bonchev–Trinajstić information content (AvgIpc) is 3.02. The average molecular weight is 362 g/mol. The summed E-state index contributed by atoms with van der Waals surface area (Å²) in [6, 6.07) is 7.74. The molecule has 6 heteroatoms. The van der Waals surface area contributed by atoms with Crippen molar-refractivity contribution < 1.29 is 18.8 Å². The van der Waals surface area contributed by atoms with E-state index in [1.807, 2.05) is 24.3 Å². The second kappa shape index (κ2) is 5.95. The van der Waals surface area contributed by atoms with Gasteiger partial charge in [0.1, 0.15) is 0 Å². The van der Waals surface area contributed by atoms with Crippen LogP contribution >= 0.6 is 0 Å². The molecule has 0 aliphatic carbocycles. The minimum atomic E-state index is -2.15. The largest absolute Gasteiger partial charge is 0.468 e. The fourth-order valence-corrected chi connectivity index (χ4v) is 4.82. The number of carbonyl (C=O) groups excluding carboxylic acids is 2. The first kappa shape index (κ1) is 18.1. The van der Waals surface area contributed by atoms with Crippen LogP contribution in [0.25, 0.3) is 0 Å². The predicted octanol–water partition coefficient (Wildman–Crippen LogP) is 3.14. The van der Waals surface area contributed by atoms with E-state index in [1.54, 1.807) is 4.90 Å². The van der Waals surface area contributed by atoms with E-state index in [0.29, 0.717) is 6.42 Å². The highest BCUT2D eigenvalue weighted by molar-refractivity contribution is 6.74. The molecule has 2 aliphatic heterocycles. The van der Waals surface area contributed by atoms with Crippen LogP contribution in [0.3, 0.4) is 0 Å². The van der Waals surface area contributed by atoms with Gasteiger partial charge in [-0.2, -0.15) is 0 Å². The van der Waals surface area contributed by atoms with E-state index >= 15 is 0 Å². The van der Waals surface area contributed by atoms with Crippen LogP contribution in [-0.4, -0.2) is 39.4 Å².